The molecular weight excluding hydrogens is 723 g/mol. The Bertz CT molecular complexity index is 2520. The molecule has 1 aliphatic heterocycles. The van der Waals surface area contributed by atoms with Crippen LogP contribution in [0.5, 0.6) is 0 Å². The highest BCUT2D eigenvalue weighted by atomic mass is 32.2. The molecular formula is C41H33N5O4S3. The van der Waals surface area contributed by atoms with E-state index in [1.165, 1.54) is 40.9 Å². The molecule has 1 aliphatic rings. The third-order valence-corrected chi connectivity index (χ3v) is 12.0. The van der Waals surface area contributed by atoms with Crippen molar-refractivity contribution in [3.05, 3.63) is 151 Å². The van der Waals surface area contributed by atoms with Gasteiger partial charge in [-0.1, -0.05) is 47.7 Å². The zero-order valence-corrected chi connectivity index (χ0v) is 31.9. The molecule has 2 amide bonds. The van der Waals surface area contributed by atoms with E-state index in [1.807, 2.05) is 95.3 Å². The molecule has 9 nitrogen and oxygen atoms in total. The lowest BCUT2D eigenvalue weighted by molar-refractivity contribution is -0.387. The second kappa shape index (κ2) is 14.8. The molecule has 5 aromatic carbocycles. The van der Waals surface area contributed by atoms with Crippen LogP contribution < -0.4 is 10.2 Å². The fraction of sp³-hybridized carbons (Fsp3) is 0.122. The molecule has 1 fully saturated rings. The second-order valence-electron chi connectivity index (χ2n) is 12.8. The van der Waals surface area contributed by atoms with Gasteiger partial charge in [0.25, 0.3) is 17.5 Å². The van der Waals surface area contributed by atoms with Gasteiger partial charge in [0, 0.05) is 17.3 Å². The van der Waals surface area contributed by atoms with Crippen LogP contribution in [0.1, 0.15) is 43.7 Å². The highest BCUT2D eigenvalue weighted by molar-refractivity contribution is 8.19. The first-order chi connectivity index (χ1) is 25.4. The second-order valence-corrected chi connectivity index (χ2v) is 16.1. The number of thiazole rings is 1. The molecule has 6 aromatic rings. The predicted octanol–water partition coefficient (Wildman–Crippen LogP) is 11.0. The number of amidine groups is 1. The van der Waals surface area contributed by atoms with Gasteiger partial charge in [-0.15, -0.1) is 11.3 Å². The van der Waals surface area contributed by atoms with Crippen LogP contribution in [0.4, 0.5) is 22.7 Å². The lowest BCUT2D eigenvalue weighted by Gasteiger charge is -2.17. The van der Waals surface area contributed by atoms with E-state index in [1.54, 1.807) is 41.3 Å². The first-order valence-corrected chi connectivity index (χ1v) is 19.1. The van der Waals surface area contributed by atoms with Gasteiger partial charge in [0.15, 0.2) is 9.51 Å². The number of nitro benzene ring substituents is 1. The molecule has 0 spiro atoms. The van der Waals surface area contributed by atoms with Crippen molar-refractivity contribution in [1.29, 1.82) is 0 Å². The zero-order valence-electron chi connectivity index (χ0n) is 29.5. The van der Waals surface area contributed by atoms with E-state index < -0.39 is 4.92 Å². The van der Waals surface area contributed by atoms with E-state index in [9.17, 15) is 19.7 Å². The zero-order chi connectivity index (χ0) is 37.4. The number of carbonyl (C=O) groups is 2. The molecule has 2 heterocycles. The number of rotatable bonds is 8. The minimum absolute atomic E-state index is 0.0971. The summed E-state index contributed by atoms with van der Waals surface area (Å²) in [5.74, 6) is -0.472. The lowest BCUT2D eigenvalue weighted by Crippen LogP contribution is -2.28. The number of nitrogens with one attached hydrogen (secondary N) is 1. The van der Waals surface area contributed by atoms with Crippen LogP contribution in [-0.4, -0.2) is 26.9 Å². The number of fused-ring (bicyclic) bond motifs is 1. The number of aryl methyl sites for hydroxylation is 5. The third kappa shape index (κ3) is 7.80. The quantitative estimate of drug-likeness (QED) is 0.0933. The number of thioether (sulfide) groups is 1. The molecule has 0 aliphatic carbocycles. The molecule has 0 radical (unpaired) electrons. The van der Waals surface area contributed by atoms with E-state index in [4.69, 9.17) is 4.99 Å². The molecule has 0 unspecified atom stereocenters. The molecule has 12 heteroatoms. The molecule has 53 heavy (non-hydrogen) atoms. The van der Waals surface area contributed by atoms with Crippen LogP contribution in [0.3, 0.4) is 0 Å². The summed E-state index contributed by atoms with van der Waals surface area (Å²) in [6.07, 6.45) is 1.68. The maximum Gasteiger partial charge on any atom is 0.283 e. The number of carbonyl (C=O) groups excluding carboxylic acids is 2. The van der Waals surface area contributed by atoms with Gasteiger partial charge >= 0.3 is 0 Å². The minimum Gasteiger partial charge on any atom is -0.322 e. The molecule has 0 saturated carbocycles. The molecule has 1 saturated heterocycles. The van der Waals surface area contributed by atoms with E-state index in [0.717, 1.165) is 43.7 Å². The summed E-state index contributed by atoms with van der Waals surface area (Å²) >= 11 is 3.82. The van der Waals surface area contributed by atoms with Crippen LogP contribution in [0.15, 0.2) is 116 Å². The standard InChI is InChI=1S/C41H33N5O4S3/c1-23-6-11-29(12-7-23)38(47)42-31-14-16-33-36(22-31)53-41(44-33)52-35-17-10-28(20-34(35)46(49)50)21-37-39(48)45(32-15-9-25(3)27(5)19-32)40(51-37)43-30-13-8-24(2)26(4)18-30/h6-22H,1-5H3,(H,42,47)/b37-21-,43-40?. The molecule has 0 atom stereocenters. The van der Waals surface area contributed by atoms with Gasteiger partial charge in [-0.2, -0.15) is 0 Å². The summed E-state index contributed by atoms with van der Waals surface area (Å²) in [6.45, 7) is 10.0. The number of nitrogens with zero attached hydrogens (tertiary/aromatic N) is 4. The molecule has 1 aromatic heterocycles. The maximum absolute atomic E-state index is 14.0. The minimum atomic E-state index is -0.423. The summed E-state index contributed by atoms with van der Waals surface area (Å²) < 4.78 is 1.45. The number of aromatic nitrogens is 1. The van der Waals surface area contributed by atoms with Gasteiger partial charge in [0.1, 0.15) is 0 Å². The Morgan fingerprint density at radius 3 is 2.32 bits per heavy atom. The van der Waals surface area contributed by atoms with Crippen molar-refractivity contribution in [3.8, 4) is 0 Å². The van der Waals surface area contributed by atoms with Gasteiger partial charge in [0.05, 0.1) is 36.3 Å². The van der Waals surface area contributed by atoms with Crippen molar-refractivity contribution in [2.24, 2.45) is 4.99 Å². The monoisotopic (exact) mass is 755 g/mol. The van der Waals surface area contributed by atoms with Crippen LogP contribution in [0, 0.1) is 44.7 Å². The average molecular weight is 756 g/mol. The lowest BCUT2D eigenvalue weighted by atomic mass is 10.1. The SMILES string of the molecule is Cc1ccc(C(=O)Nc2ccc3nc(Sc4ccc(/C=C5\SC(=Nc6ccc(C)c(C)c6)N(c6ccc(C)c(C)c6)C5=O)cc4[N+](=O)[O-])sc3c2)cc1. The normalized spacial score (nSPS) is 14.4. The van der Waals surface area contributed by atoms with Crippen LogP contribution in [0.2, 0.25) is 0 Å². The number of aliphatic imine (C=N–C) groups is 1. The number of hydrogen-bond acceptors (Lipinski definition) is 9. The van der Waals surface area contributed by atoms with Crippen molar-refractivity contribution in [2.75, 3.05) is 10.2 Å². The number of nitro groups is 1. The molecule has 0 bridgehead atoms. The maximum atomic E-state index is 14.0. The fourth-order valence-electron chi connectivity index (χ4n) is 5.58. The van der Waals surface area contributed by atoms with E-state index in [0.29, 0.717) is 41.8 Å². The Labute approximate surface area is 319 Å². The van der Waals surface area contributed by atoms with Gasteiger partial charge in [-0.3, -0.25) is 24.6 Å². The first-order valence-electron chi connectivity index (χ1n) is 16.6. The average Bonchev–Trinajstić information content (AvgIpc) is 3.67. The summed E-state index contributed by atoms with van der Waals surface area (Å²) in [5.41, 5.74) is 9.23. The van der Waals surface area contributed by atoms with Gasteiger partial charge in [-0.05, 0) is 141 Å². The molecule has 1 N–H and O–H groups in total. The highest BCUT2D eigenvalue weighted by Crippen LogP contribution is 2.42. The van der Waals surface area contributed by atoms with Crippen LogP contribution in [-0.2, 0) is 4.79 Å². The largest absolute Gasteiger partial charge is 0.322 e. The highest BCUT2D eigenvalue weighted by Gasteiger charge is 2.35. The third-order valence-electron chi connectivity index (χ3n) is 8.89. The Morgan fingerprint density at radius 1 is 0.868 bits per heavy atom. The summed E-state index contributed by atoms with van der Waals surface area (Å²) in [5, 5.41) is 15.8. The fourth-order valence-corrected chi connectivity index (χ4v) is 8.73. The van der Waals surface area contributed by atoms with Crippen molar-refractivity contribution in [2.45, 2.75) is 43.9 Å². The van der Waals surface area contributed by atoms with Crippen LogP contribution in [0.25, 0.3) is 16.3 Å². The Morgan fingerprint density at radius 2 is 1.60 bits per heavy atom. The number of anilines is 2. The Hall–Kier alpha value is -5.56. The van der Waals surface area contributed by atoms with Gasteiger partial charge in [0.2, 0.25) is 0 Å². The van der Waals surface area contributed by atoms with Crippen molar-refractivity contribution in [3.63, 3.8) is 0 Å². The Kier molecular flexibility index (Phi) is 10.0. The number of amides is 2. The van der Waals surface area contributed by atoms with Gasteiger partial charge in [-0.25, -0.2) is 9.98 Å². The first kappa shape index (κ1) is 35.8. The summed E-state index contributed by atoms with van der Waals surface area (Å²) in [6, 6.07) is 29.5. The van der Waals surface area contributed by atoms with Crippen molar-refractivity contribution < 1.29 is 14.5 Å². The number of hydrogen-bond donors (Lipinski definition) is 1. The smallest absolute Gasteiger partial charge is 0.283 e. The predicted molar refractivity (Wildman–Crippen MR) is 218 cm³/mol. The van der Waals surface area contributed by atoms with Crippen molar-refractivity contribution in [1.82, 2.24) is 4.98 Å². The van der Waals surface area contributed by atoms with Crippen LogP contribution >= 0.6 is 34.9 Å². The topological polar surface area (TPSA) is 118 Å². The molecule has 7 rings (SSSR count). The van der Waals surface area contributed by atoms with E-state index >= 15 is 0 Å². The van der Waals surface area contributed by atoms with E-state index in [-0.39, 0.29) is 17.5 Å². The van der Waals surface area contributed by atoms with E-state index in [2.05, 4.69) is 10.3 Å². The van der Waals surface area contributed by atoms with Crippen molar-refractivity contribution >= 4 is 90.9 Å². The summed E-state index contributed by atoms with van der Waals surface area (Å²) in [4.78, 5) is 50.6. The Balaban J connectivity index is 1.15. The molecule has 264 valence electrons. The van der Waals surface area contributed by atoms with Gasteiger partial charge < -0.3 is 5.32 Å². The number of benzene rings is 5. The summed E-state index contributed by atoms with van der Waals surface area (Å²) in [7, 11) is 0.